The lowest BCUT2D eigenvalue weighted by molar-refractivity contribution is 0.0518. The number of nitrogens with zero attached hydrogens (tertiary/aromatic N) is 1. The molecule has 1 amide bonds. The third kappa shape index (κ3) is 1.37. The lowest BCUT2D eigenvalue weighted by Crippen LogP contribution is -2.49. The number of fused-ring (bicyclic) bond motifs is 1. The maximum absolute atomic E-state index is 12.5. The number of benzene rings is 1. The van der Waals surface area contributed by atoms with E-state index in [2.05, 4.69) is 6.58 Å². The van der Waals surface area contributed by atoms with Gasteiger partial charge in [-0.25, -0.2) is 0 Å². The van der Waals surface area contributed by atoms with Gasteiger partial charge < -0.3 is 5.11 Å². The van der Waals surface area contributed by atoms with Crippen molar-refractivity contribution in [3.05, 3.63) is 42.0 Å². The largest absolute Gasteiger partial charge is 0.394 e. The first-order chi connectivity index (χ1) is 8.69. The summed E-state index contributed by atoms with van der Waals surface area (Å²) in [5, 5.41) is 9.76. The van der Waals surface area contributed by atoms with E-state index in [9.17, 15) is 9.90 Å². The van der Waals surface area contributed by atoms with Gasteiger partial charge >= 0.3 is 0 Å². The molecular formula is C15H17NO2. The molecule has 1 aromatic rings. The Morgan fingerprint density at radius 3 is 2.39 bits per heavy atom. The standard InChI is InChI=1S/C15H17NO2/c1-11-12-6-2-3-7-13(12)14(18)16(11)15(10-17)8-4-5-9-15/h2-3,6-7,17H,1,4-5,8-10H2. The van der Waals surface area contributed by atoms with Gasteiger partial charge in [0.25, 0.3) is 5.91 Å². The fraction of sp³-hybridized carbons (Fsp3) is 0.400. The van der Waals surface area contributed by atoms with Crippen molar-refractivity contribution < 1.29 is 9.90 Å². The van der Waals surface area contributed by atoms with Crippen molar-refractivity contribution in [3.63, 3.8) is 0 Å². The Hall–Kier alpha value is -1.61. The van der Waals surface area contributed by atoms with E-state index in [-0.39, 0.29) is 12.5 Å². The number of carbonyl (C=O) groups excluding carboxylic acids is 1. The highest BCUT2D eigenvalue weighted by molar-refractivity contribution is 6.09. The van der Waals surface area contributed by atoms with E-state index in [0.29, 0.717) is 5.56 Å². The molecule has 18 heavy (non-hydrogen) atoms. The van der Waals surface area contributed by atoms with Crippen LogP contribution in [0, 0.1) is 0 Å². The second-order valence-corrected chi connectivity index (χ2v) is 5.22. The van der Waals surface area contributed by atoms with Crippen LogP contribution >= 0.6 is 0 Å². The van der Waals surface area contributed by atoms with Crippen molar-refractivity contribution in [1.82, 2.24) is 4.90 Å². The summed E-state index contributed by atoms with van der Waals surface area (Å²) < 4.78 is 0. The van der Waals surface area contributed by atoms with Gasteiger partial charge in [-0.3, -0.25) is 9.69 Å². The molecule has 1 saturated carbocycles. The Balaban J connectivity index is 2.06. The zero-order chi connectivity index (χ0) is 12.8. The molecule has 0 radical (unpaired) electrons. The zero-order valence-electron chi connectivity index (χ0n) is 10.4. The van der Waals surface area contributed by atoms with Gasteiger partial charge in [0.05, 0.1) is 12.1 Å². The molecule has 0 atom stereocenters. The van der Waals surface area contributed by atoms with Crippen LogP contribution in [-0.4, -0.2) is 28.1 Å². The molecule has 0 saturated heterocycles. The first-order valence-electron chi connectivity index (χ1n) is 6.43. The maximum atomic E-state index is 12.5. The van der Waals surface area contributed by atoms with Gasteiger partial charge in [-0.15, -0.1) is 0 Å². The highest BCUT2D eigenvalue weighted by atomic mass is 16.3. The Morgan fingerprint density at radius 2 is 1.83 bits per heavy atom. The molecule has 0 bridgehead atoms. The quantitative estimate of drug-likeness (QED) is 0.866. The monoisotopic (exact) mass is 243 g/mol. The number of aliphatic hydroxyl groups excluding tert-OH is 1. The first-order valence-corrected chi connectivity index (χ1v) is 6.43. The van der Waals surface area contributed by atoms with Gasteiger partial charge in [0.15, 0.2) is 0 Å². The minimum absolute atomic E-state index is 0.00782. The van der Waals surface area contributed by atoms with Gasteiger partial charge in [-0.1, -0.05) is 37.6 Å². The topological polar surface area (TPSA) is 40.5 Å². The van der Waals surface area contributed by atoms with Crippen molar-refractivity contribution in [1.29, 1.82) is 0 Å². The Bertz CT molecular complexity index is 480. The van der Waals surface area contributed by atoms with Crippen molar-refractivity contribution in [2.75, 3.05) is 6.61 Å². The number of amides is 1. The number of hydrogen-bond acceptors (Lipinski definition) is 2. The number of rotatable bonds is 2. The number of carbonyl (C=O) groups is 1. The van der Waals surface area contributed by atoms with Crippen LogP contribution in [0.4, 0.5) is 0 Å². The van der Waals surface area contributed by atoms with Crippen molar-refractivity contribution in [2.45, 2.75) is 31.2 Å². The summed E-state index contributed by atoms with van der Waals surface area (Å²) in [5.41, 5.74) is 1.93. The third-order valence-electron chi connectivity index (χ3n) is 4.24. The van der Waals surface area contributed by atoms with Crippen LogP contribution < -0.4 is 0 Å². The smallest absolute Gasteiger partial charge is 0.259 e. The van der Waals surface area contributed by atoms with Gasteiger partial charge in [-0.05, 0) is 18.9 Å². The molecule has 1 aliphatic heterocycles. The van der Waals surface area contributed by atoms with Gasteiger partial charge in [0.2, 0.25) is 0 Å². The van der Waals surface area contributed by atoms with E-state index in [1.54, 1.807) is 4.90 Å². The SMILES string of the molecule is C=C1c2ccccc2C(=O)N1C1(CO)CCCC1. The minimum Gasteiger partial charge on any atom is -0.394 e. The molecular weight excluding hydrogens is 226 g/mol. The summed E-state index contributed by atoms with van der Waals surface area (Å²) in [6.45, 7) is 4.08. The highest BCUT2D eigenvalue weighted by Gasteiger charge is 2.47. The summed E-state index contributed by atoms with van der Waals surface area (Å²) in [5.74, 6) is -0.00782. The van der Waals surface area contributed by atoms with Gasteiger partial charge in [0, 0.05) is 16.8 Å². The Kier molecular flexibility index (Phi) is 2.52. The Morgan fingerprint density at radius 1 is 1.22 bits per heavy atom. The van der Waals surface area contributed by atoms with E-state index in [4.69, 9.17) is 0 Å². The van der Waals surface area contributed by atoms with Crippen LogP contribution in [0.1, 0.15) is 41.6 Å². The van der Waals surface area contributed by atoms with E-state index in [0.717, 1.165) is 36.9 Å². The molecule has 0 spiro atoms. The minimum atomic E-state index is -0.423. The predicted octanol–water partition coefficient (Wildman–Crippen LogP) is 2.42. The summed E-state index contributed by atoms with van der Waals surface area (Å²) >= 11 is 0. The van der Waals surface area contributed by atoms with Gasteiger partial charge in [-0.2, -0.15) is 0 Å². The fourth-order valence-electron chi connectivity index (χ4n) is 3.27. The second-order valence-electron chi connectivity index (χ2n) is 5.22. The van der Waals surface area contributed by atoms with Crippen LogP contribution in [-0.2, 0) is 0 Å². The second kappa shape index (κ2) is 3.95. The zero-order valence-corrected chi connectivity index (χ0v) is 10.4. The molecule has 1 N–H and O–H groups in total. The first kappa shape index (κ1) is 11.5. The molecule has 0 unspecified atom stereocenters. The van der Waals surface area contributed by atoms with Crippen LogP contribution in [0.25, 0.3) is 5.70 Å². The van der Waals surface area contributed by atoms with Crippen molar-refractivity contribution in [3.8, 4) is 0 Å². The maximum Gasteiger partial charge on any atom is 0.259 e. The van der Waals surface area contributed by atoms with E-state index < -0.39 is 5.54 Å². The van der Waals surface area contributed by atoms with Crippen LogP contribution in [0.15, 0.2) is 30.8 Å². The third-order valence-corrected chi connectivity index (χ3v) is 4.24. The number of aliphatic hydroxyl groups is 1. The molecule has 1 aromatic carbocycles. The van der Waals surface area contributed by atoms with Crippen LogP contribution in [0.5, 0.6) is 0 Å². The van der Waals surface area contributed by atoms with Gasteiger partial charge in [0.1, 0.15) is 0 Å². The summed E-state index contributed by atoms with van der Waals surface area (Å²) in [4.78, 5) is 14.3. The van der Waals surface area contributed by atoms with Crippen molar-refractivity contribution in [2.24, 2.45) is 0 Å². The lowest BCUT2D eigenvalue weighted by atomic mass is 9.96. The molecule has 1 aliphatic carbocycles. The molecule has 2 aliphatic rings. The highest BCUT2D eigenvalue weighted by Crippen LogP contribution is 2.44. The predicted molar refractivity (Wildman–Crippen MR) is 69.9 cm³/mol. The number of hydrogen-bond donors (Lipinski definition) is 1. The molecule has 1 heterocycles. The summed E-state index contributed by atoms with van der Waals surface area (Å²) in [7, 11) is 0. The van der Waals surface area contributed by atoms with E-state index in [1.807, 2.05) is 24.3 Å². The molecule has 3 rings (SSSR count). The summed E-state index contributed by atoms with van der Waals surface area (Å²) in [6.07, 6.45) is 3.85. The lowest BCUT2D eigenvalue weighted by Gasteiger charge is -2.37. The van der Waals surface area contributed by atoms with E-state index in [1.165, 1.54) is 0 Å². The normalized spacial score (nSPS) is 21.5. The average molecular weight is 243 g/mol. The average Bonchev–Trinajstić information content (AvgIpc) is 2.96. The summed E-state index contributed by atoms with van der Waals surface area (Å²) in [6, 6.07) is 7.55. The van der Waals surface area contributed by atoms with E-state index >= 15 is 0 Å². The van der Waals surface area contributed by atoms with Crippen LogP contribution in [0.3, 0.4) is 0 Å². The molecule has 3 heteroatoms. The molecule has 0 aromatic heterocycles. The fourth-order valence-corrected chi connectivity index (χ4v) is 3.27. The van der Waals surface area contributed by atoms with Crippen molar-refractivity contribution >= 4 is 11.6 Å². The Labute approximate surface area is 107 Å². The molecule has 3 nitrogen and oxygen atoms in total. The van der Waals surface area contributed by atoms with Crippen LogP contribution in [0.2, 0.25) is 0 Å². The molecule has 1 fully saturated rings. The molecule has 94 valence electrons.